The fourth-order valence-electron chi connectivity index (χ4n) is 3.72. The van der Waals surface area contributed by atoms with Crippen molar-refractivity contribution in [2.75, 3.05) is 19.6 Å². The highest BCUT2D eigenvalue weighted by Gasteiger charge is 2.48. The molecule has 2 aliphatic rings. The predicted molar refractivity (Wildman–Crippen MR) is 87.7 cm³/mol. The van der Waals surface area contributed by atoms with Gasteiger partial charge in [0, 0.05) is 51.1 Å². The van der Waals surface area contributed by atoms with Crippen molar-refractivity contribution in [2.45, 2.75) is 18.4 Å². The average Bonchev–Trinajstić information content (AvgIpc) is 3.27. The van der Waals surface area contributed by atoms with Crippen molar-refractivity contribution in [3.8, 4) is 0 Å². The molecular formula is C18H20F2N4O. The Bertz CT molecular complexity index is 806. The lowest BCUT2D eigenvalue weighted by molar-refractivity contribution is -0.136. The number of benzene rings is 1. The molecule has 7 heteroatoms. The van der Waals surface area contributed by atoms with E-state index in [0.29, 0.717) is 25.1 Å². The maximum atomic E-state index is 14.0. The van der Waals surface area contributed by atoms with Crippen LogP contribution >= 0.6 is 0 Å². The summed E-state index contributed by atoms with van der Waals surface area (Å²) in [6, 6.07) is 3.47. The van der Waals surface area contributed by atoms with Gasteiger partial charge in [0.15, 0.2) is 0 Å². The number of hydrogen-bond donors (Lipinski definition) is 1. The van der Waals surface area contributed by atoms with Gasteiger partial charge < -0.3 is 14.8 Å². The first kappa shape index (κ1) is 16.2. The van der Waals surface area contributed by atoms with Crippen LogP contribution in [0.25, 0.3) is 0 Å². The molecule has 1 saturated heterocycles. The number of amides is 1. The van der Waals surface area contributed by atoms with Gasteiger partial charge in [0.05, 0.1) is 0 Å². The molecule has 2 fully saturated rings. The van der Waals surface area contributed by atoms with Crippen molar-refractivity contribution in [1.82, 2.24) is 19.8 Å². The zero-order valence-corrected chi connectivity index (χ0v) is 14.0. The van der Waals surface area contributed by atoms with Crippen molar-refractivity contribution in [3.63, 3.8) is 0 Å². The van der Waals surface area contributed by atoms with Crippen LogP contribution in [0.4, 0.5) is 8.78 Å². The molecule has 0 radical (unpaired) electrons. The van der Waals surface area contributed by atoms with Crippen LogP contribution in [0.1, 0.15) is 29.8 Å². The van der Waals surface area contributed by atoms with Gasteiger partial charge in [-0.3, -0.25) is 4.79 Å². The Balaban J connectivity index is 1.53. The van der Waals surface area contributed by atoms with E-state index in [0.717, 1.165) is 18.4 Å². The van der Waals surface area contributed by atoms with Gasteiger partial charge in [0.2, 0.25) is 5.91 Å². The largest absolute Gasteiger partial charge is 0.336 e. The number of hydrogen-bond acceptors (Lipinski definition) is 3. The Kier molecular flexibility index (Phi) is 4.03. The van der Waals surface area contributed by atoms with Crippen molar-refractivity contribution >= 4 is 5.91 Å². The quantitative estimate of drug-likeness (QED) is 0.925. The zero-order valence-electron chi connectivity index (χ0n) is 14.0. The highest BCUT2D eigenvalue weighted by molar-refractivity contribution is 5.83. The number of nitrogens with one attached hydrogen (secondary N) is 1. The minimum atomic E-state index is -0.596. The smallest absolute Gasteiger partial charge is 0.227 e. The molecule has 0 spiro atoms. The van der Waals surface area contributed by atoms with Gasteiger partial charge in [0.25, 0.3) is 0 Å². The van der Waals surface area contributed by atoms with Gasteiger partial charge in [-0.2, -0.15) is 0 Å². The Morgan fingerprint density at radius 3 is 2.92 bits per heavy atom. The molecule has 132 valence electrons. The fraction of sp³-hybridized carbons (Fsp3) is 0.444. The Morgan fingerprint density at radius 1 is 1.36 bits per heavy atom. The molecule has 2 aromatic rings. The summed E-state index contributed by atoms with van der Waals surface area (Å²) >= 11 is 0. The molecule has 4 rings (SSSR count). The molecule has 25 heavy (non-hydrogen) atoms. The third-order valence-electron chi connectivity index (χ3n) is 5.15. The van der Waals surface area contributed by atoms with Gasteiger partial charge in [-0.15, -0.1) is 0 Å². The molecule has 5 nitrogen and oxygen atoms in total. The normalized spacial score (nSPS) is 25.9. The van der Waals surface area contributed by atoms with Crippen LogP contribution in [-0.4, -0.2) is 40.0 Å². The standard InChI is InChI=1S/C18H20F2N4O/c1-23-6-5-22-17(23)16-10-21-4-7-24(16)18(25)14-9-13(14)12-3-2-11(19)8-15(12)20/h2-3,5-6,8,13-14,16,21H,4,7,9-10H2,1H3. The van der Waals surface area contributed by atoms with Gasteiger partial charge >= 0.3 is 0 Å². The van der Waals surface area contributed by atoms with Gasteiger partial charge in [-0.05, 0) is 24.0 Å². The summed E-state index contributed by atoms with van der Waals surface area (Å²) in [4.78, 5) is 19.2. The fourth-order valence-corrected chi connectivity index (χ4v) is 3.72. The van der Waals surface area contributed by atoms with E-state index in [9.17, 15) is 13.6 Å². The molecule has 3 atom stereocenters. The number of aromatic nitrogens is 2. The number of nitrogens with zero attached hydrogens (tertiary/aromatic N) is 3. The minimum Gasteiger partial charge on any atom is -0.336 e. The minimum absolute atomic E-state index is 0.0308. The molecule has 1 aromatic heterocycles. The van der Waals surface area contributed by atoms with Crippen LogP contribution in [0.15, 0.2) is 30.6 Å². The second-order valence-corrected chi connectivity index (χ2v) is 6.76. The Hall–Kier alpha value is -2.28. The summed E-state index contributed by atoms with van der Waals surface area (Å²) in [6.45, 7) is 1.99. The molecular weight excluding hydrogens is 326 g/mol. The summed E-state index contributed by atoms with van der Waals surface area (Å²) in [5.41, 5.74) is 0.434. The topological polar surface area (TPSA) is 50.2 Å². The molecule has 1 aliphatic carbocycles. The first-order chi connectivity index (χ1) is 12.1. The summed E-state index contributed by atoms with van der Waals surface area (Å²) < 4.78 is 29.0. The van der Waals surface area contributed by atoms with Gasteiger partial charge in [-0.1, -0.05) is 6.07 Å². The second-order valence-electron chi connectivity index (χ2n) is 6.76. The van der Waals surface area contributed by atoms with E-state index in [-0.39, 0.29) is 23.8 Å². The van der Waals surface area contributed by atoms with Crippen LogP contribution in [0.5, 0.6) is 0 Å². The first-order valence-corrected chi connectivity index (χ1v) is 8.49. The number of rotatable bonds is 3. The number of imidazole rings is 1. The molecule has 1 amide bonds. The van der Waals surface area contributed by atoms with Crippen LogP contribution in [0, 0.1) is 17.6 Å². The number of halogens is 2. The van der Waals surface area contributed by atoms with Gasteiger partial charge in [0.1, 0.15) is 23.5 Å². The maximum Gasteiger partial charge on any atom is 0.227 e. The molecule has 1 aromatic carbocycles. The summed E-state index contributed by atoms with van der Waals surface area (Å²) in [7, 11) is 1.91. The van der Waals surface area contributed by atoms with Crippen molar-refractivity contribution in [1.29, 1.82) is 0 Å². The van der Waals surface area contributed by atoms with E-state index in [1.807, 2.05) is 22.7 Å². The number of aryl methyl sites for hydroxylation is 1. The molecule has 2 heterocycles. The lowest BCUT2D eigenvalue weighted by Gasteiger charge is -2.36. The van der Waals surface area contributed by atoms with Crippen molar-refractivity contribution in [2.24, 2.45) is 13.0 Å². The monoisotopic (exact) mass is 346 g/mol. The Morgan fingerprint density at radius 2 is 2.20 bits per heavy atom. The van der Waals surface area contributed by atoms with Crippen LogP contribution < -0.4 is 5.32 Å². The number of piperazine rings is 1. The van der Waals surface area contributed by atoms with E-state index in [4.69, 9.17) is 0 Å². The van der Waals surface area contributed by atoms with E-state index >= 15 is 0 Å². The SMILES string of the molecule is Cn1ccnc1C1CNCCN1C(=O)C1CC1c1ccc(F)cc1F. The van der Waals surface area contributed by atoms with Crippen molar-refractivity contribution < 1.29 is 13.6 Å². The molecule has 3 unspecified atom stereocenters. The summed E-state index contributed by atoms with van der Waals surface area (Å²) in [5, 5.41) is 3.30. The summed E-state index contributed by atoms with van der Waals surface area (Å²) in [6.07, 6.45) is 4.19. The molecule has 1 saturated carbocycles. The molecule has 1 aliphatic heterocycles. The number of carbonyl (C=O) groups is 1. The first-order valence-electron chi connectivity index (χ1n) is 8.49. The highest BCUT2D eigenvalue weighted by Crippen LogP contribution is 2.50. The van der Waals surface area contributed by atoms with Crippen LogP contribution in [0.2, 0.25) is 0 Å². The molecule has 0 bridgehead atoms. The lowest BCUT2D eigenvalue weighted by atomic mass is 10.1. The average molecular weight is 346 g/mol. The number of carbonyl (C=O) groups excluding carboxylic acids is 1. The van der Waals surface area contributed by atoms with Crippen LogP contribution in [-0.2, 0) is 11.8 Å². The highest BCUT2D eigenvalue weighted by atomic mass is 19.1. The van der Waals surface area contributed by atoms with E-state index < -0.39 is 11.6 Å². The predicted octanol–water partition coefficient (Wildman–Crippen LogP) is 1.97. The van der Waals surface area contributed by atoms with E-state index in [1.54, 1.807) is 6.20 Å². The van der Waals surface area contributed by atoms with E-state index in [1.165, 1.54) is 12.1 Å². The molecule has 1 N–H and O–H groups in total. The van der Waals surface area contributed by atoms with Gasteiger partial charge in [-0.25, -0.2) is 13.8 Å². The summed E-state index contributed by atoms with van der Waals surface area (Å²) in [5.74, 6) is -0.692. The Labute approximate surface area is 144 Å². The van der Waals surface area contributed by atoms with Crippen molar-refractivity contribution in [3.05, 3.63) is 53.6 Å². The van der Waals surface area contributed by atoms with E-state index in [2.05, 4.69) is 10.3 Å². The second kappa shape index (κ2) is 6.22. The lowest BCUT2D eigenvalue weighted by Crippen LogP contribution is -2.50. The van der Waals surface area contributed by atoms with Crippen LogP contribution in [0.3, 0.4) is 0 Å². The maximum absolute atomic E-state index is 14.0. The zero-order chi connectivity index (χ0) is 17.6. The third kappa shape index (κ3) is 2.93. The third-order valence-corrected chi connectivity index (χ3v) is 5.15.